The maximum Gasteiger partial charge on any atom is 0.321 e. The summed E-state index contributed by atoms with van der Waals surface area (Å²) in [6, 6.07) is -0.238. The van der Waals surface area contributed by atoms with Crippen LogP contribution in [0.3, 0.4) is 0 Å². The van der Waals surface area contributed by atoms with E-state index in [1.807, 2.05) is 0 Å². The molecule has 0 aromatic heterocycles. The van der Waals surface area contributed by atoms with Crippen LogP contribution in [0.5, 0.6) is 0 Å². The number of nitrogens with zero attached hydrogens (tertiary/aromatic N) is 1. The molecule has 0 aromatic rings. The number of rotatable bonds is 6. The normalized spacial score (nSPS) is 23.9. The Balaban J connectivity index is 2.21. The zero-order chi connectivity index (χ0) is 12.8. The van der Waals surface area contributed by atoms with Crippen LogP contribution in [0.2, 0.25) is 0 Å². The average molecular weight is 262 g/mol. The Labute approximate surface area is 107 Å². The summed E-state index contributed by atoms with van der Waals surface area (Å²) < 4.78 is 5.65. The summed E-state index contributed by atoms with van der Waals surface area (Å²) in [4.78, 5) is 12.9. The van der Waals surface area contributed by atoms with Crippen molar-refractivity contribution in [3.8, 4) is 0 Å². The van der Waals surface area contributed by atoms with Crippen LogP contribution < -0.4 is 5.73 Å². The summed E-state index contributed by atoms with van der Waals surface area (Å²) in [6.45, 7) is 7.01. The lowest BCUT2D eigenvalue weighted by Crippen LogP contribution is -2.46. The van der Waals surface area contributed by atoms with E-state index in [0.717, 1.165) is 25.4 Å². The summed E-state index contributed by atoms with van der Waals surface area (Å²) in [5.74, 6) is 0.312. The van der Waals surface area contributed by atoms with Gasteiger partial charge in [-0.3, -0.25) is 9.69 Å². The first-order valence-corrected chi connectivity index (χ1v) is 7.08. The van der Waals surface area contributed by atoms with Crippen molar-refractivity contribution in [1.82, 2.24) is 4.90 Å². The number of ether oxygens (including phenoxy) is 1. The predicted molar refractivity (Wildman–Crippen MR) is 69.4 cm³/mol. The molecule has 0 amide bonds. The lowest BCUT2D eigenvalue weighted by atomic mass is 10.2. The smallest absolute Gasteiger partial charge is 0.321 e. The van der Waals surface area contributed by atoms with Gasteiger partial charge in [0, 0.05) is 30.6 Å². The van der Waals surface area contributed by atoms with Crippen LogP contribution in [-0.2, 0) is 9.53 Å². The molecule has 1 saturated heterocycles. The second kappa shape index (κ2) is 7.20. The van der Waals surface area contributed by atoms with E-state index in [-0.39, 0.29) is 6.10 Å². The maximum atomic E-state index is 10.5. The molecule has 2 atom stereocenters. The molecule has 0 aliphatic carbocycles. The molecule has 5 nitrogen and oxygen atoms in total. The van der Waals surface area contributed by atoms with Gasteiger partial charge < -0.3 is 15.6 Å². The lowest BCUT2D eigenvalue weighted by Gasteiger charge is -2.35. The van der Waals surface area contributed by atoms with Crippen molar-refractivity contribution in [1.29, 1.82) is 0 Å². The SMILES string of the molecule is CC(C)N1CCOC(CSC[C@H](N)C(=O)O)C1. The fourth-order valence-electron chi connectivity index (χ4n) is 1.71. The number of carboxylic acids is 1. The van der Waals surface area contributed by atoms with Gasteiger partial charge >= 0.3 is 5.97 Å². The number of hydrogen-bond donors (Lipinski definition) is 2. The van der Waals surface area contributed by atoms with Gasteiger partial charge in [0.2, 0.25) is 0 Å². The van der Waals surface area contributed by atoms with Crippen LogP contribution in [0.4, 0.5) is 0 Å². The van der Waals surface area contributed by atoms with Crippen LogP contribution in [0.15, 0.2) is 0 Å². The van der Waals surface area contributed by atoms with E-state index in [1.54, 1.807) is 11.8 Å². The van der Waals surface area contributed by atoms with Gasteiger partial charge in [-0.05, 0) is 13.8 Å². The average Bonchev–Trinajstić information content (AvgIpc) is 2.29. The number of morpholine rings is 1. The van der Waals surface area contributed by atoms with Gasteiger partial charge in [0.15, 0.2) is 0 Å². The molecule has 1 aliphatic rings. The lowest BCUT2D eigenvalue weighted by molar-refractivity contribution is -0.137. The highest BCUT2D eigenvalue weighted by Crippen LogP contribution is 2.14. The van der Waals surface area contributed by atoms with Crippen molar-refractivity contribution in [2.75, 3.05) is 31.2 Å². The van der Waals surface area contributed by atoms with E-state index in [9.17, 15) is 4.79 Å². The zero-order valence-electron chi connectivity index (χ0n) is 10.5. The number of carboxylic acid groups (broad SMARTS) is 1. The largest absolute Gasteiger partial charge is 0.480 e. The molecular formula is C11H22N2O3S. The van der Waals surface area contributed by atoms with Crippen molar-refractivity contribution in [3.63, 3.8) is 0 Å². The van der Waals surface area contributed by atoms with Crippen molar-refractivity contribution < 1.29 is 14.6 Å². The Bertz CT molecular complexity index is 251. The van der Waals surface area contributed by atoms with E-state index in [1.165, 1.54) is 0 Å². The highest BCUT2D eigenvalue weighted by atomic mass is 32.2. The summed E-state index contributed by atoms with van der Waals surface area (Å²) in [5.41, 5.74) is 5.44. The molecule has 100 valence electrons. The molecule has 0 aromatic carbocycles. The minimum atomic E-state index is -0.939. The van der Waals surface area contributed by atoms with Gasteiger partial charge in [0.1, 0.15) is 6.04 Å². The first-order chi connectivity index (χ1) is 8.00. The first kappa shape index (κ1) is 14.8. The number of thioether (sulfide) groups is 1. The minimum Gasteiger partial charge on any atom is -0.480 e. The van der Waals surface area contributed by atoms with Crippen molar-refractivity contribution in [3.05, 3.63) is 0 Å². The molecule has 0 radical (unpaired) electrons. The predicted octanol–water partition coefficient (Wildman–Crippen LogP) is 0.241. The molecule has 6 heteroatoms. The van der Waals surface area contributed by atoms with Crippen LogP contribution in [0, 0.1) is 0 Å². The van der Waals surface area contributed by atoms with Gasteiger partial charge in [0.05, 0.1) is 12.7 Å². The Hall–Kier alpha value is -0.300. The summed E-state index contributed by atoms with van der Waals surface area (Å²) >= 11 is 1.55. The second-order valence-corrected chi connectivity index (χ2v) is 5.64. The molecule has 1 aliphatic heterocycles. The monoisotopic (exact) mass is 262 g/mol. The number of nitrogens with two attached hydrogens (primary N) is 1. The van der Waals surface area contributed by atoms with Crippen LogP contribution >= 0.6 is 11.8 Å². The highest BCUT2D eigenvalue weighted by molar-refractivity contribution is 7.99. The standard InChI is InChI=1S/C11H22N2O3S/c1-8(2)13-3-4-16-9(5-13)6-17-7-10(12)11(14)15/h8-10H,3-7,12H2,1-2H3,(H,14,15)/t9?,10-/m0/s1. The van der Waals surface area contributed by atoms with Gasteiger partial charge in [-0.1, -0.05) is 0 Å². The molecule has 1 unspecified atom stereocenters. The summed E-state index contributed by atoms with van der Waals surface area (Å²) in [7, 11) is 0. The molecule has 0 saturated carbocycles. The van der Waals surface area contributed by atoms with E-state index in [0.29, 0.717) is 11.8 Å². The Morgan fingerprint density at radius 1 is 1.65 bits per heavy atom. The summed E-state index contributed by atoms with van der Waals surface area (Å²) in [5, 5.41) is 8.66. The third-order valence-electron chi connectivity index (χ3n) is 2.82. The van der Waals surface area contributed by atoms with Crippen molar-refractivity contribution in [2.45, 2.75) is 32.0 Å². The van der Waals surface area contributed by atoms with E-state index in [4.69, 9.17) is 15.6 Å². The van der Waals surface area contributed by atoms with E-state index in [2.05, 4.69) is 18.7 Å². The molecule has 1 fully saturated rings. The second-order valence-electron chi connectivity index (χ2n) is 4.56. The topological polar surface area (TPSA) is 75.8 Å². The fourth-order valence-corrected chi connectivity index (χ4v) is 2.71. The van der Waals surface area contributed by atoms with Gasteiger partial charge in [-0.15, -0.1) is 0 Å². The Kier molecular flexibility index (Phi) is 6.26. The van der Waals surface area contributed by atoms with Gasteiger partial charge in [-0.2, -0.15) is 11.8 Å². The molecule has 0 spiro atoms. The van der Waals surface area contributed by atoms with Crippen LogP contribution in [-0.4, -0.2) is 65.4 Å². The Morgan fingerprint density at radius 3 is 2.94 bits per heavy atom. The maximum absolute atomic E-state index is 10.5. The third kappa shape index (κ3) is 5.25. The van der Waals surface area contributed by atoms with E-state index < -0.39 is 12.0 Å². The molecule has 0 bridgehead atoms. The molecular weight excluding hydrogens is 240 g/mol. The summed E-state index contributed by atoms with van der Waals surface area (Å²) in [6.07, 6.45) is 0.192. The first-order valence-electron chi connectivity index (χ1n) is 5.92. The van der Waals surface area contributed by atoms with Gasteiger partial charge in [-0.25, -0.2) is 0 Å². The highest BCUT2D eigenvalue weighted by Gasteiger charge is 2.22. The minimum absolute atomic E-state index is 0.192. The van der Waals surface area contributed by atoms with Crippen molar-refractivity contribution in [2.24, 2.45) is 5.73 Å². The van der Waals surface area contributed by atoms with Crippen LogP contribution in [0.1, 0.15) is 13.8 Å². The molecule has 3 N–H and O–H groups in total. The molecule has 1 rings (SSSR count). The van der Waals surface area contributed by atoms with Gasteiger partial charge in [0.25, 0.3) is 0 Å². The molecule has 1 heterocycles. The third-order valence-corrected chi connectivity index (χ3v) is 4.02. The van der Waals surface area contributed by atoms with Crippen LogP contribution in [0.25, 0.3) is 0 Å². The van der Waals surface area contributed by atoms with E-state index >= 15 is 0 Å². The number of hydrogen-bond acceptors (Lipinski definition) is 5. The fraction of sp³-hybridized carbons (Fsp3) is 0.909. The Morgan fingerprint density at radius 2 is 2.35 bits per heavy atom. The zero-order valence-corrected chi connectivity index (χ0v) is 11.3. The quantitative estimate of drug-likeness (QED) is 0.714. The number of carbonyl (C=O) groups is 1. The number of aliphatic carboxylic acids is 1. The molecule has 17 heavy (non-hydrogen) atoms. The van der Waals surface area contributed by atoms with Crippen molar-refractivity contribution >= 4 is 17.7 Å².